The lowest BCUT2D eigenvalue weighted by molar-refractivity contribution is 0.446. The van der Waals surface area contributed by atoms with Crippen LogP contribution in [0.25, 0.3) is 0 Å². The molecule has 0 aliphatic carbocycles. The Balaban J connectivity index is 2.65. The standard InChI is InChI=1S/C12H19FN2/c1-9(2)6-7-12(15-14)10-4-3-5-11(13)8-10/h3-5,8-9,12,15H,6-7,14H2,1-2H3. The van der Waals surface area contributed by atoms with E-state index in [1.54, 1.807) is 6.07 Å². The quantitative estimate of drug-likeness (QED) is 0.579. The minimum Gasteiger partial charge on any atom is -0.271 e. The van der Waals surface area contributed by atoms with Crippen molar-refractivity contribution in [2.75, 3.05) is 0 Å². The Labute approximate surface area is 90.6 Å². The van der Waals surface area contributed by atoms with Crippen molar-refractivity contribution in [3.8, 4) is 0 Å². The van der Waals surface area contributed by atoms with Crippen LogP contribution in [-0.2, 0) is 0 Å². The summed E-state index contributed by atoms with van der Waals surface area (Å²) in [5.74, 6) is 5.89. The van der Waals surface area contributed by atoms with Crippen molar-refractivity contribution in [2.45, 2.75) is 32.7 Å². The van der Waals surface area contributed by atoms with Crippen LogP contribution >= 0.6 is 0 Å². The van der Waals surface area contributed by atoms with Gasteiger partial charge in [0.25, 0.3) is 0 Å². The third-order valence-corrected chi connectivity index (χ3v) is 2.48. The van der Waals surface area contributed by atoms with Crippen molar-refractivity contribution < 1.29 is 4.39 Å². The second kappa shape index (κ2) is 5.83. The van der Waals surface area contributed by atoms with Crippen molar-refractivity contribution in [3.63, 3.8) is 0 Å². The molecule has 0 fully saturated rings. The molecule has 1 aromatic carbocycles. The highest BCUT2D eigenvalue weighted by Gasteiger charge is 2.10. The molecule has 0 saturated heterocycles. The van der Waals surface area contributed by atoms with Crippen molar-refractivity contribution in [3.05, 3.63) is 35.6 Å². The molecular formula is C12H19FN2. The minimum absolute atomic E-state index is 0.0445. The number of halogens is 1. The molecule has 0 heterocycles. The molecular weight excluding hydrogens is 191 g/mol. The van der Waals surface area contributed by atoms with Crippen LogP contribution < -0.4 is 11.3 Å². The normalized spacial score (nSPS) is 13.1. The summed E-state index contributed by atoms with van der Waals surface area (Å²) in [7, 11) is 0. The van der Waals surface area contributed by atoms with Gasteiger partial charge in [-0.15, -0.1) is 0 Å². The second-order valence-electron chi connectivity index (χ2n) is 4.25. The lowest BCUT2D eigenvalue weighted by atomic mass is 9.98. The molecule has 1 atom stereocenters. The van der Waals surface area contributed by atoms with Crippen LogP contribution in [-0.4, -0.2) is 0 Å². The van der Waals surface area contributed by atoms with Crippen molar-refractivity contribution >= 4 is 0 Å². The van der Waals surface area contributed by atoms with Crippen LogP contribution in [0.5, 0.6) is 0 Å². The van der Waals surface area contributed by atoms with Crippen LogP contribution in [0.2, 0.25) is 0 Å². The smallest absolute Gasteiger partial charge is 0.123 e. The molecule has 1 unspecified atom stereocenters. The monoisotopic (exact) mass is 210 g/mol. The van der Waals surface area contributed by atoms with Gasteiger partial charge >= 0.3 is 0 Å². The van der Waals surface area contributed by atoms with Crippen LogP contribution in [0.4, 0.5) is 4.39 Å². The molecule has 2 nitrogen and oxygen atoms in total. The summed E-state index contributed by atoms with van der Waals surface area (Å²) in [5.41, 5.74) is 3.65. The first kappa shape index (κ1) is 12.1. The van der Waals surface area contributed by atoms with Crippen LogP contribution in [0.15, 0.2) is 24.3 Å². The summed E-state index contributed by atoms with van der Waals surface area (Å²) < 4.78 is 13.0. The van der Waals surface area contributed by atoms with E-state index in [9.17, 15) is 4.39 Å². The third-order valence-electron chi connectivity index (χ3n) is 2.48. The van der Waals surface area contributed by atoms with Crippen molar-refractivity contribution in [1.29, 1.82) is 0 Å². The van der Waals surface area contributed by atoms with Gasteiger partial charge in [0, 0.05) is 6.04 Å². The van der Waals surface area contributed by atoms with E-state index < -0.39 is 0 Å². The van der Waals surface area contributed by atoms with Gasteiger partial charge in [-0.25, -0.2) is 4.39 Å². The average molecular weight is 210 g/mol. The molecule has 0 spiro atoms. The second-order valence-corrected chi connectivity index (χ2v) is 4.25. The van der Waals surface area contributed by atoms with Gasteiger partial charge in [-0.2, -0.15) is 0 Å². The fourth-order valence-electron chi connectivity index (χ4n) is 1.57. The first-order valence-electron chi connectivity index (χ1n) is 5.35. The first-order valence-corrected chi connectivity index (χ1v) is 5.35. The summed E-state index contributed by atoms with van der Waals surface area (Å²) in [6.07, 6.45) is 2.00. The topological polar surface area (TPSA) is 38.0 Å². The van der Waals surface area contributed by atoms with Gasteiger partial charge in [0.2, 0.25) is 0 Å². The van der Waals surface area contributed by atoms with E-state index in [4.69, 9.17) is 5.84 Å². The number of rotatable bonds is 5. The molecule has 84 valence electrons. The Morgan fingerprint density at radius 3 is 2.60 bits per heavy atom. The number of nitrogens with one attached hydrogen (secondary N) is 1. The van der Waals surface area contributed by atoms with Gasteiger partial charge in [-0.3, -0.25) is 11.3 Å². The van der Waals surface area contributed by atoms with Crippen LogP contribution in [0.3, 0.4) is 0 Å². The number of nitrogens with two attached hydrogens (primary N) is 1. The maximum absolute atomic E-state index is 13.0. The molecule has 0 amide bonds. The Morgan fingerprint density at radius 2 is 2.07 bits per heavy atom. The van der Waals surface area contributed by atoms with Gasteiger partial charge in [-0.05, 0) is 36.5 Å². The van der Waals surface area contributed by atoms with Gasteiger partial charge in [-0.1, -0.05) is 26.0 Å². The summed E-state index contributed by atoms with van der Waals surface area (Å²) in [6, 6.07) is 6.63. The van der Waals surface area contributed by atoms with Crippen LogP contribution in [0, 0.1) is 11.7 Å². The molecule has 0 aliphatic rings. The molecule has 3 heteroatoms. The van der Waals surface area contributed by atoms with Crippen molar-refractivity contribution in [2.24, 2.45) is 11.8 Å². The van der Waals surface area contributed by atoms with E-state index >= 15 is 0 Å². The zero-order valence-corrected chi connectivity index (χ0v) is 9.33. The highest BCUT2D eigenvalue weighted by molar-refractivity contribution is 5.19. The molecule has 1 rings (SSSR count). The molecule has 15 heavy (non-hydrogen) atoms. The van der Waals surface area contributed by atoms with E-state index in [-0.39, 0.29) is 11.9 Å². The first-order chi connectivity index (χ1) is 7.13. The van der Waals surface area contributed by atoms with E-state index in [1.807, 2.05) is 6.07 Å². The lowest BCUT2D eigenvalue weighted by Crippen LogP contribution is -2.28. The van der Waals surface area contributed by atoms with E-state index in [0.29, 0.717) is 5.92 Å². The zero-order valence-electron chi connectivity index (χ0n) is 9.33. The van der Waals surface area contributed by atoms with Crippen LogP contribution in [0.1, 0.15) is 38.3 Å². The Kier molecular flexibility index (Phi) is 4.72. The SMILES string of the molecule is CC(C)CCC(NN)c1cccc(F)c1. The van der Waals surface area contributed by atoms with Gasteiger partial charge in [0.1, 0.15) is 5.82 Å². The fourth-order valence-corrected chi connectivity index (χ4v) is 1.57. The molecule has 1 aromatic rings. The average Bonchev–Trinajstić information content (AvgIpc) is 2.18. The highest BCUT2D eigenvalue weighted by Crippen LogP contribution is 2.20. The summed E-state index contributed by atoms with van der Waals surface area (Å²) in [4.78, 5) is 0. The Morgan fingerprint density at radius 1 is 1.33 bits per heavy atom. The zero-order chi connectivity index (χ0) is 11.3. The maximum Gasteiger partial charge on any atom is 0.123 e. The predicted molar refractivity (Wildman–Crippen MR) is 60.5 cm³/mol. The van der Waals surface area contributed by atoms with Gasteiger partial charge < -0.3 is 0 Å². The summed E-state index contributed by atoms with van der Waals surface area (Å²) in [6.45, 7) is 4.33. The summed E-state index contributed by atoms with van der Waals surface area (Å²) >= 11 is 0. The maximum atomic E-state index is 13.0. The molecule has 0 aromatic heterocycles. The largest absolute Gasteiger partial charge is 0.271 e. The number of hydrazine groups is 1. The molecule has 0 aliphatic heterocycles. The van der Waals surface area contributed by atoms with Gasteiger partial charge in [0.05, 0.1) is 0 Å². The van der Waals surface area contributed by atoms with E-state index in [1.165, 1.54) is 12.1 Å². The van der Waals surface area contributed by atoms with Gasteiger partial charge in [0.15, 0.2) is 0 Å². The third kappa shape index (κ3) is 3.98. The highest BCUT2D eigenvalue weighted by atomic mass is 19.1. The fraction of sp³-hybridized carbons (Fsp3) is 0.500. The lowest BCUT2D eigenvalue weighted by Gasteiger charge is -2.17. The molecule has 0 saturated carbocycles. The van der Waals surface area contributed by atoms with E-state index in [2.05, 4.69) is 19.3 Å². The Hall–Kier alpha value is -0.930. The molecule has 0 radical (unpaired) electrons. The van der Waals surface area contributed by atoms with E-state index in [0.717, 1.165) is 18.4 Å². The molecule has 3 N–H and O–H groups in total. The molecule has 0 bridgehead atoms. The summed E-state index contributed by atoms with van der Waals surface area (Å²) in [5, 5.41) is 0. The number of hydrogen-bond acceptors (Lipinski definition) is 2. The Bertz CT molecular complexity index is 299. The predicted octanol–water partition coefficient (Wildman–Crippen LogP) is 2.77. The number of benzene rings is 1. The van der Waals surface area contributed by atoms with Crippen molar-refractivity contribution in [1.82, 2.24) is 5.43 Å². The minimum atomic E-state index is -0.211. The number of hydrogen-bond donors (Lipinski definition) is 2.